The number of anilines is 1. The number of thiazole rings is 1. The lowest BCUT2D eigenvalue weighted by molar-refractivity contribution is 0.103. The largest absolute Gasteiger partial charge is 0.409 e. The first-order valence-electron chi connectivity index (χ1n) is 5.52. The fourth-order valence-corrected chi connectivity index (χ4v) is 2.19. The molecule has 1 heterocycles. The average molecular weight is 294 g/mol. The highest BCUT2D eigenvalue weighted by atomic mass is 32.1. The second-order valence-electron chi connectivity index (χ2n) is 3.88. The Hall–Kier alpha value is -2.48. The second-order valence-corrected chi connectivity index (χ2v) is 5.11. The molecule has 0 radical (unpaired) electrons. The van der Waals surface area contributed by atoms with Gasteiger partial charge in [0.2, 0.25) is 0 Å². The molecule has 104 valence electrons. The lowest BCUT2D eigenvalue weighted by Gasteiger charge is -2.06. The van der Waals surface area contributed by atoms with Gasteiger partial charge in [-0.15, -0.1) is 11.3 Å². The normalized spacial score (nSPS) is 11.4. The van der Waals surface area contributed by atoms with Crippen molar-refractivity contribution >= 4 is 28.8 Å². The molecule has 0 aliphatic rings. The molecule has 1 aromatic carbocycles. The van der Waals surface area contributed by atoms with E-state index in [1.165, 1.54) is 29.7 Å². The number of halogens is 1. The zero-order valence-corrected chi connectivity index (χ0v) is 11.2. The number of amidine groups is 1. The average Bonchev–Trinajstić information content (AvgIpc) is 2.87. The molecule has 0 atom stereocenters. The number of carbonyl (C=O) groups is 1. The Morgan fingerprint density at radius 3 is 2.90 bits per heavy atom. The summed E-state index contributed by atoms with van der Waals surface area (Å²) in [6.45, 7) is 1.79. The number of nitrogens with zero attached hydrogens (tertiary/aromatic N) is 2. The van der Waals surface area contributed by atoms with Gasteiger partial charge in [0.15, 0.2) is 5.84 Å². The lowest BCUT2D eigenvalue weighted by Crippen LogP contribution is -2.16. The molecule has 6 nitrogen and oxygen atoms in total. The van der Waals surface area contributed by atoms with Crippen LogP contribution in [-0.4, -0.2) is 21.9 Å². The summed E-state index contributed by atoms with van der Waals surface area (Å²) in [6.07, 6.45) is 1.46. The third kappa shape index (κ3) is 2.91. The second kappa shape index (κ2) is 5.66. The van der Waals surface area contributed by atoms with Crippen LogP contribution in [0.1, 0.15) is 20.2 Å². The molecule has 2 aromatic rings. The number of carbonyl (C=O) groups excluding carboxylic acids is 1. The van der Waals surface area contributed by atoms with Crippen LogP contribution in [0.4, 0.5) is 10.1 Å². The number of aromatic nitrogens is 1. The van der Waals surface area contributed by atoms with Crippen LogP contribution in [0.15, 0.2) is 29.6 Å². The molecule has 4 N–H and O–H groups in total. The van der Waals surface area contributed by atoms with Crippen molar-refractivity contribution < 1.29 is 14.4 Å². The number of benzene rings is 1. The highest BCUT2D eigenvalue weighted by Gasteiger charge is 2.12. The summed E-state index contributed by atoms with van der Waals surface area (Å²) < 4.78 is 13.5. The number of aryl methyl sites for hydroxylation is 1. The third-order valence-electron chi connectivity index (χ3n) is 2.45. The van der Waals surface area contributed by atoms with Crippen molar-refractivity contribution in [3.8, 4) is 0 Å². The Morgan fingerprint density at radius 2 is 2.30 bits per heavy atom. The third-order valence-corrected chi connectivity index (χ3v) is 3.36. The van der Waals surface area contributed by atoms with Crippen LogP contribution in [0.3, 0.4) is 0 Å². The van der Waals surface area contributed by atoms with Crippen molar-refractivity contribution in [1.29, 1.82) is 0 Å². The SMILES string of the molecule is Cc1ncc(C(=O)Nc2ccc(F)c(/C(N)=N/O)c2)s1. The van der Waals surface area contributed by atoms with Crippen molar-refractivity contribution in [2.24, 2.45) is 10.9 Å². The van der Waals surface area contributed by atoms with E-state index in [2.05, 4.69) is 15.5 Å². The molecular weight excluding hydrogens is 283 g/mol. The number of oxime groups is 1. The van der Waals surface area contributed by atoms with E-state index in [0.29, 0.717) is 10.6 Å². The van der Waals surface area contributed by atoms with Crippen LogP contribution in [0.25, 0.3) is 0 Å². The van der Waals surface area contributed by atoms with Gasteiger partial charge in [-0.1, -0.05) is 5.16 Å². The van der Waals surface area contributed by atoms with Gasteiger partial charge in [0.1, 0.15) is 10.7 Å². The molecule has 0 saturated carbocycles. The van der Waals surface area contributed by atoms with Crippen molar-refractivity contribution in [1.82, 2.24) is 4.98 Å². The van der Waals surface area contributed by atoms with E-state index >= 15 is 0 Å². The molecule has 0 bridgehead atoms. The van der Waals surface area contributed by atoms with Crippen LogP contribution in [0.2, 0.25) is 0 Å². The van der Waals surface area contributed by atoms with E-state index < -0.39 is 5.82 Å². The minimum Gasteiger partial charge on any atom is -0.409 e. The van der Waals surface area contributed by atoms with E-state index in [1.807, 2.05) is 0 Å². The van der Waals surface area contributed by atoms with Gasteiger partial charge in [-0.05, 0) is 25.1 Å². The van der Waals surface area contributed by atoms with Gasteiger partial charge < -0.3 is 16.3 Å². The fourth-order valence-electron chi connectivity index (χ4n) is 1.51. The van der Waals surface area contributed by atoms with Gasteiger partial charge in [-0.3, -0.25) is 4.79 Å². The van der Waals surface area contributed by atoms with Crippen LogP contribution in [0, 0.1) is 12.7 Å². The Bertz CT molecular complexity index is 684. The molecule has 0 saturated heterocycles. The summed E-state index contributed by atoms with van der Waals surface area (Å²) in [6, 6.07) is 3.80. The van der Waals surface area contributed by atoms with Gasteiger partial charge in [0, 0.05) is 5.69 Å². The molecule has 20 heavy (non-hydrogen) atoms. The zero-order valence-electron chi connectivity index (χ0n) is 10.4. The van der Waals surface area contributed by atoms with E-state index in [1.54, 1.807) is 6.92 Å². The highest BCUT2D eigenvalue weighted by Crippen LogP contribution is 2.17. The van der Waals surface area contributed by atoms with Crippen molar-refractivity contribution in [3.05, 3.63) is 45.7 Å². The zero-order chi connectivity index (χ0) is 14.7. The fraction of sp³-hybridized carbons (Fsp3) is 0.0833. The molecule has 1 aromatic heterocycles. The summed E-state index contributed by atoms with van der Waals surface area (Å²) in [5.74, 6) is -1.37. The molecule has 2 rings (SSSR count). The lowest BCUT2D eigenvalue weighted by atomic mass is 10.1. The molecule has 0 unspecified atom stereocenters. The van der Waals surface area contributed by atoms with E-state index in [0.717, 1.165) is 11.1 Å². The maximum absolute atomic E-state index is 13.5. The van der Waals surface area contributed by atoms with Crippen LogP contribution >= 0.6 is 11.3 Å². The van der Waals surface area contributed by atoms with Gasteiger partial charge in [0.05, 0.1) is 16.8 Å². The summed E-state index contributed by atoms with van der Waals surface area (Å²) in [7, 11) is 0. The van der Waals surface area contributed by atoms with Crippen LogP contribution in [0.5, 0.6) is 0 Å². The summed E-state index contributed by atoms with van der Waals surface area (Å²) >= 11 is 1.25. The van der Waals surface area contributed by atoms with Crippen molar-refractivity contribution in [2.75, 3.05) is 5.32 Å². The first-order valence-corrected chi connectivity index (χ1v) is 6.34. The molecule has 0 aliphatic carbocycles. The molecule has 1 amide bonds. The Balaban J connectivity index is 2.24. The van der Waals surface area contributed by atoms with Crippen molar-refractivity contribution in [2.45, 2.75) is 6.92 Å². The topological polar surface area (TPSA) is 101 Å². The smallest absolute Gasteiger partial charge is 0.267 e. The number of rotatable bonds is 3. The van der Waals surface area contributed by atoms with Gasteiger partial charge in [-0.25, -0.2) is 9.37 Å². The predicted octanol–water partition coefficient (Wildman–Crippen LogP) is 1.94. The minimum absolute atomic E-state index is 0.0919. The summed E-state index contributed by atoms with van der Waals surface area (Å²) in [5, 5.41) is 14.7. The van der Waals surface area contributed by atoms with Crippen molar-refractivity contribution in [3.63, 3.8) is 0 Å². The molecule has 8 heteroatoms. The van der Waals surface area contributed by atoms with E-state index in [9.17, 15) is 9.18 Å². The number of hydrogen-bond donors (Lipinski definition) is 3. The van der Waals surface area contributed by atoms with E-state index in [4.69, 9.17) is 10.9 Å². The van der Waals surface area contributed by atoms with Gasteiger partial charge in [-0.2, -0.15) is 0 Å². The molecule has 0 fully saturated rings. The number of hydrogen-bond acceptors (Lipinski definition) is 5. The Labute approximate surface area is 117 Å². The number of amides is 1. The Morgan fingerprint density at radius 1 is 1.55 bits per heavy atom. The maximum atomic E-state index is 13.5. The standard InChI is InChI=1S/C12H11FN4O2S/c1-6-15-5-10(20-6)12(18)16-7-2-3-9(13)8(4-7)11(14)17-19/h2-5,19H,1H3,(H2,14,17)(H,16,18). The van der Waals surface area contributed by atoms with Gasteiger partial charge in [0.25, 0.3) is 5.91 Å². The minimum atomic E-state index is -0.646. The first-order chi connectivity index (χ1) is 9.51. The summed E-state index contributed by atoms with van der Waals surface area (Å²) in [4.78, 5) is 16.3. The first kappa shape index (κ1) is 13.9. The Kier molecular flexibility index (Phi) is 3.94. The summed E-state index contributed by atoms with van der Waals surface area (Å²) in [5.41, 5.74) is 5.59. The quantitative estimate of drug-likeness (QED) is 0.348. The van der Waals surface area contributed by atoms with Crippen LogP contribution < -0.4 is 11.1 Å². The number of nitrogens with two attached hydrogens (primary N) is 1. The van der Waals surface area contributed by atoms with Crippen LogP contribution in [-0.2, 0) is 0 Å². The van der Waals surface area contributed by atoms with E-state index in [-0.39, 0.29) is 17.3 Å². The predicted molar refractivity (Wildman–Crippen MR) is 73.7 cm³/mol. The maximum Gasteiger partial charge on any atom is 0.267 e. The van der Waals surface area contributed by atoms with Gasteiger partial charge >= 0.3 is 0 Å². The highest BCUT2D eigenvalue weighted by molar-refractivity contribution is 7.13. The monoisotopic (exact) mass is 294 g/mol. The molecular formula is C12H11FN4O2S. The number of nitrogens with one attached hydrogen (secondary N) is 1. The molecule has 0 spiro atoms. The molecule has 0 aliphatic heterocycles.